The van der Waals surface area contributed by atoms with Crippen molar-refractivity contribution in [3.63, 3.8) is 0 Å². The van der Waals surface area contributed by atoms with Crippen molar-refractivity contribution in [3.8, 4) is 6.07 Å². The minimum Gasteiger partial charge on any atom is -0.297 e. The second kappa shape index (κ2) is 8.19. The van der Waals surface area contributed by atoms with Gasteiger partial charge in [-0.25, -0.2) is 5.84 Å². The van der Waals surface area contributed by atoms with Crippen molar-refractivity contribution in [2.75, 3.05) is 13.1 Å². The molecule has 1 aromatic heterocycles. The predicted octanol–water partition coefficient (Wildman–Crippen LogP) is 0.423. The molecule has 0 saturated carbocycles. The average Bonchev–Trinajstić information content (AvgIpc) is 2.44. The van der Waals surface area contributed by atoms with E-state index in [-0.39, 0.29) is 11.8 Å². The summed E-state index contributed by atoms with van der Waals surface area (Å²) in [6.45, 7) is 3.65. The van der Waals surface area contributed by atoms with Crippen molar-refractivity contribution in [1.29, 1.82) is 5.26 Å². The zero-order chi connectivity index (χ0) is 14.1. The molecule has 6 heteroatoms. The normalized spacial score (nSPS) is 11.9. The molecule has 6 nitrogen and oxygen atoms in total. The lowest BCUT2D eigenvalue weighted by Crippen LogP contribution is -2.40. The fourth-order valence-electron chi connectivity index (χ4n) is 1.81. The summed E-state index contributed by atoms with van der Waals surface area (Å²) >= 11 is 0. The molecular weight excluding hydrogens is 242 g/mol. The third-order valence-electron chi connectivity index (χ3n) is 2.79. The predicted molar refractivity (Wildman–Crippen MR) is 71.2 cm³/mol. The number of nitriles is 1. The fourth-order valence-corrected chi connectivity index (χ4v) is 1.81. The standard InChI is InChI=1S/C13H19N5O/c1-11(13(19)17-15)9-18(7-3-5-14)10-12-4-2-6-16-8-12/h2,4,6,8,11H,3,7,9-10,15H2,1H3,(H,17,19). The number of amides is 1. The number of nitrogens with one attached hydrogen (secondary N) is 1. The third-order valence-corrected chi connectivity index (χ3v) is 2.79. The minimum atomic E-state index is -0.222. The maximum Gasteiger partial charge on any atom is 0.237 e. The van der Waals surface area contributed by atoms with Crippen LogP contribution in [0.25, 0.3) is 0 Å². The summed E-state index contributed by atoms with van der Waals surface area (Å²) in [4.78, 5) is 17.5. The Kier molecular flexibility index (Phi) is 6.50. The molecule has 0 saturated heterocycles. The van der Waals surface area contributed by atoms with E-state index in [1.165, 1.54) is 0 Å². The van der Waals surface area contributed by atoms with Crippen LogP contribution < -0.4 is 11.3 Å². The summed E-state index contributed by atoms with van der Waals surface area (Å²) in [5.74, 6) is 4.70. The van der Waals surface area contributed by atoms with E-state index < -0.39 is 0 Å². The minimum absolute atomic E-state index is 0.201. The Morgan fingerprint density at radius 3 is 3.05 bits per heavy atom. The van der Waals surface area contributed by atoms with Crippen LogP contribution in [0.4, 0.5) is 0 Å². The summed E-state index contributed by atoms with van der Waals surface area (Å²) in [6, 6.07) is 5.96. The maximum atomic E-state index is 11.4. The Hall–Kier alpha value is -1.97. The molecule has 1 aromatic rings. The monoisotopic (exact) mass is 261 g/mol. The highest BCUT2D eigenvalue weighted by molar-refractivity contribution is 5.77. The van der Waals surface area contributed by atoms with Crippen molar-refractivity contribution in [1.82, 2.24) is 15.3 Å². The van der Waals surface area contributed by atoms with Crippen LogP contribution in [0.1, 0.15) is 18.9 Å². The number of carbonyl (C=O) groups excluding carboxylic acids is 1. The largest absolute Gasteiger partial charge is 0.297 e. The van der Waals surface area contributed by atoms with Gasteiger partial charge in [-0.05, 0) is 11.6 Å². The number of nitrogens with zero attached hydrogens (tertiary/aromatic N) is 3. The van der Waals surface area contributed by atoms with E-state index in [4.69, 9.17) is 11.1 Å². The van der Waals surface area contributed by atoms with E-state index >= 15 is 0 Å². The Morgan fingerprint density at radius 2 is 2.47 bits per heavy atom. The quantitative estimate of drug-likeness (QED) is 0.421. The van der Waals surface area contributed by atoms with Gasteiger partial charge in [0.15, 0.2) is 0 Å². The lowest BCUT2D eigenvalue weighted by atomic mass is 10.1. The molecular formula is C13H19N5O. The Labute approximate surface area is 113 Å². The first-order valence-electron chi connectivity index (χ1n) is 6.16. The number of hydrazine groups is 1. The highest BCUT2D eigenvalue weighted by atomic mass is 16.2. The van der Waals surface area contributed by atoms with E-state index in [2.05, 4.69) is 21.4 Å². The number of pyridine rings is 1. The number of hydrogen-bond donors (Lipinski definition) is 2. The van der Waals surface area contributed by atoms with Crippen LogP contribution in [0.5, 0.6) is 0 Å². The molecule has 0 radical (unpaired) electrons. The zero-order valence-corrected chi connectivity index (χ0v) is 11.0. The zero-order valence-electron chi connectivity index (χ0n) is 11.0. The van der Waals surface area contributed by atoms with Crippen LogP contribution in [0.3, 0.4) is 0 Å². The second-order valence-corrected chi connectivity index (χ2v) is 4.41. The van der Waals surface area contributed by atoms with Gasteiger partial charge in [0, 0.05) is 44.4 Å². The van der Waals surface area contributed by atoms with Crippen LogP contribution in [0, 0.1) is 17.2 Å². The van der Waals surface area contributed by atoms with E-state index in [0.717, 1.165) is 5.56 Å². The van der Waals surface area contributed by atoms with Crippen LogP contribution in [0.2, 0.25) is 0 Å². The van der Waals surface area contributed by atoms with Crippen molar-refractivity contribution in [2.24, 2.45) is 11.8 Å². The molecule has 0 aliphatic carbocycles. The molecule has 1 rings (SSSR count). The number of hydrogen-bond acceptors (Lipinski definition) is 5. The molecule has 1 amide bonds. The van der Waals surface area contributed by atoms with E-state index in [9.17, 15) is 4.79 Å². The molecule has 0 aliphatic heterocycles. The van der Waals surface area contributed by atoms with E-state index in [1.54, 1.807) is 12.4 Å². The first-order valence-corrected chi connectivity index (χ1v) is 6.16. The first kappa shape index (κ1) is 15.1. The molecule has 3 N–H and O–H groups in total. The number of aromatic nitrogens is 1. The Bertz CT molecular complexity index is 428. The van der Waals surface area contributed by atoms with Gasteiger partial charge in [0.2, 0.25) is 5.91 Å². The second-order valence-electron chi connectivity index (χ2n) is 4.41. The molecule has 0 fully saturated rings. The van der Waals surface area contributed by atoms with Crippen molar-refractivity contribution in [2.45, 2.75) is 19.9 Å². The summed E-state index contributed by atoms with van der Waals surface area (Å²) in [5, 5.41) is 8.68. The number of carbonyl (C=O) groups is 1. The highest BCUT2D eigenvalue weighted by Gasteiger charge is 2.16. The van der Waals surface area contributed by atoms with Crippen LogP contribution in [-0.4, -0.2) is 28.9 Å². The van der Waals surface area contributed by atoms with Gasteiger partial charge in [0.1, 0.15) is 0 Å². The summed E-state index contributed by atoms with van der Waals surface area (Å²) in [5.41, 5.74) is 3.20. The fraction of sp³-hybridized carbons (Fsp3) is 0.462. The third kappa shape index (κ3) is 5.46. The molecule has 19 heavy (non-hydrogen) atoms. The van der Waals surface area contributed by atoms with Crippen LogP contribution in [-0.2, 0) is 11.3 Å². The van der Waals surface area contributed by atoms with Gasteiger partial charge in [-0.3, -0.25) is 20.1 Å². The van der Waals surface area contributed by atoms with Crippen molar-refractivity contribution in [3.05, 3.63) is 30.1 Å². The van der Waals surface area contributed by atoms with Gasteiger partial charge in [0.25, 0.3) is 0 Å². The van der Waals surface area contributed by atoms with Gasteiger partial charge < -0.3 is 0 Å². The lowest BCUT2D eigenvalue weighted by molar-refractivity contribution is -0.125. The summed E-state index contributed by atoms with van der Waals surface area (Å²) < 4.78 is 0. The molecule has 0 aliphatic rings. The molecule has 1 atom stereocenters. The number of rotatable bonds is 7. The number of nitrogens with two attached hydrogens (primary N) is 1. The lowest BCUT2D eigenvalue weighted by Gasteiger charge is -2.24. The summed E-state index contributed by atoms with van der Waals surface area (Å²) in [6.07, 6.45) is 3.93. The van der Waals surface area contributed by atoms with E-state index in [0.29, 0.717) is 26.1 Å². The highest BCUT2D eigenvalue weighted by Crippen LogP contribution is 2.07. The van der Waals surface area contributed by atoms with Crippen molar-refractivity contribution >= 4 is 5.91 Å². The SMILES string of the molecule is CC(CN(CCC#N)Cc1cccnc1)C(=O)NN. The smallest absolute Gasteiger partial charge is 0.237 e. The Balaban J connectivity index is 2.61. The van der Waals surface area contributed by atoms with Gasteiger partial charge in [0.05, 0.1) is 6.07 Å². The van der Waals surface area contributed by atoms with Gasteiger partial charge in [-0.2, -0.15) is 5.26 Å². The average molecular weight is 261 g/mol. The molecule has 1 heterocycles. The van der Waals surface area contributed by atoms with E-state index in [1.807, 2.05) is 19.1 Å². The molecule has 102 valence electrons. The molecule has 0 aromatic carbocycles. The molecule has 1 unspecified atom stereocenters. The maximum absolute atomic E-state index is 11.4. The Morgan fingerprint density at radius 1 is 1.68 bits per heavy atom. The summed E-state index contributed by atoms with van der Waals surface area (Å²) in [7, 11) is 0. The van der Waals surface area contributed by atoms with Gasteiger partial charge in [-0.1, -0.05) is 13.0 Å². The van der Waals surface area contributed by atoms with Crippen LogP contribution >= 0.6 is 0 Å². The molecule has 0 bridgehead atoms. The topological polar surface area (TPSA) is 95.0 Å². The van der Waals surface area contributed by atoms with Gasteiger partial charge in [-0.15, -0.1) is 0 Å². The van der Waals surface area contributed by atoms with Crippen molar-refractivity contribution < 1.29 is 4.79 Å². The van der Waals surface area contributed by atoms with Gasteiger partial charge >= 0.3 is 0 Å². The molecule has 0 spiro atoms. The first-order chi connectivity index (χ1) is 9.17. The van der Waals surface area contributed by atoms with Crippen LogP contribution in [0.15, 0.2) is 24.5 Å².